The fourth-order valence-corrected chi connectivity index (χ4v) is 4.45. The first-order chi connectivity index (χ1) is 14.6. The van der Waals surface area contributed by atoms with E-state index in [2.05, 4.69) is 5.32 Å². The second-order valence-corrected chi connectivity index (χ2v) is 8.73. The van der Waals surface area contributed by atoms with Crippen LogP contribution in [0.4, 0.5) is 11.4 Å². The first-order valence-corrected chi connectivity index (χ1v) is 11.7. The molecule has 1 amide bonds. The van der Waals surface area contributed by atoms with Crippen LogP contribution in [0.2, 0.25) is 0 Å². The lowest BCUT2D eigenvalue weighted by Crippen LogP contribution is -2.47. The van der Waals surface area contributed by atoms with Crippen LogP contribution in [0.5, 0.6) is 5.75 Å². The first-order valence-electron chi connectivity index (χ1n) is 9.85. The van der Waals surface area contributed by atoms with Crippen molar-refractivity contribution in [3.63, 3.8) is 0 Å². The van der Waals surface area contributed by atoms with Crippen LogP contribution in [0.25, 0.3) is 0 Å². The smallest absolute Gasteiger partial charge is 0.338 e. The summed E-state index contributed by atoms with van der Waals surface area (Å²) in [6.07, 6.45) is 1.30. The number of methoxy groups -OCH3 is 1. The third-order valence-corrected chi connectivity index (χ3v) is 5.91. The van der Waals surface area contributed by atoms with Crippen molar-refractivity contribution in [3.8, 4) is 5.75 Å². The van der Waals surface area contributed by atoms with E-state index in [9.17, 15) is 18.0 Å². The van der Waals surface area contributed by atoms with E-state index in [1.807, 2.05) is 6.92 Å². The van der Waals surface area contributed by atoms with E-state index in [0.717, 1.165) is 10.6 Å². The van der Waals surface area contributed by atoms with Crippen molar-refractivity contribution in [1.82, 2.24) is 0 Å². The molecule has 1 atom stereocenters. The number of sulfonamides is 1. The highest BCUT2D eigenvalue weighted by Gasteiger charge is 2.32. The van der Waals surface area contributed by atoms with Crippen molar-refractivity contribution in [3.05, 3.63) is 53.6 Å². The van der Waals surface area contributed by atoms with Crippen molar-refractivity contribution in [2.24, 2.45) is 0 Å². The highest BCUT2D eigenvalue weighted by atomic mass is 32.2. The average Bonchev–Trinajstić information content (AvgIpc) is 2.73. The second kappa shape index (κ2) is 10.3. The van der Waals surface area contributed by atoms with E-state index in [4.69, 9.17) is 9.47 Å². The van der Waals surface area contributed by atoms with Crippen LogP contribution in [0.1, 0.15) is 36.2 Å². The molecule has 1 N–H and O–H groups in total. The van der Waals surface area contributed by atoms with E-state index in [1.165, 1.54) is 7.11 Å². The van der Waals surface area contributed by atoms with Gasteiger partial charge in [0.25, 0.3) is 0 Å². The molecule has 0 spiro atoms. The molecule has 168 valence electrons. The number of nitrogens with zero attached hydrogens (tertiary/aromatic N) is 1. The van der Waals surface area contributed by atoms with Gasteiger partial charge in [0.1, 0.15) is 11.8 Å². The molecule has 9 heteroatoms. The van der Waals surface area contributed by atoms with Crippen LogP contribution in [-0.4, -0.2) is 46.3 Å². The number of amides is 1. The van der Waals surface area contributed by atoms with Crippen LogP contribution in [-0.2, 0) is 19.6 Å². The maximum atomic E-state index is 13.1. The number of ether oxygens (including phenoxy) is 2. The second-order valence-electron chi connectivity index (χ2n) is 6.87. The van der Waals surface area contributed by atoms with E-state index >= 15 is 0 Å². The Morgan fingerprint density at radius 3 is 2.26 bits per heavy atom. The molecule has 0 fully saturated rings. The molecule has 2 aromatic rings. The molecular formula is C22H28N2O6S. The van der Waals surface area contributed by atoms with Crippen molar-refractivity contribution in [1.29, 1.82) is 0 Å². The summed E-state index contributed by atoms with van der Waals surface area (Å²) in [6.45, 7) is 5.75. The zero-order chi connectivity index (χ0) is 23.2. The highest BCUT2D eigenvalue weighted by Crippen LogP contribution is 2.27. The number of hydrogen-bond acceptors (Lipinski definition) is 6. The van der Waals surface area contributed by atoms with Gasteiger partial charge in [0.15, 0.2) is 0 Å². The summed E-state index contributed by atoms with van der Waals surface area (Å²) in [7, 11) is -2.49. The fourth-order valence-electron chi connectivity index (χ4n) is 3.23. The first kappa shape index (κ1) is 24.2. The van der Waals surface area contributed by atoms with Crippen LogP contribution in [0.3, 0.4) is 0 Å². The van der Waals surface area contributed by atoms with Crippen LogP contribution in [0.15, 0.2) is 42.5 Å². The lowest BCUT2D eigenvalue weighted by molar-refractivity contribution is -0.117. The molecule has 0 aliphatic heterocycles. The Labute approximate surface area is 183 Å². The van der Waals surface area contributed by atoms with Gasteiger partial charge in [-0.15, -0.1) is 0 Å². The van der Waals surface area contributed by atoms with Crippen molar-refractivity contribution in [2.75, 3.05) is 29.6 Å². The Balaban J connectivity index is 2.39. The molecule has 0 aliphatic carbocycles. The van der Waals surface area contributed by atoms with Gasteiger partial charge in [0, 0.05) is 5.69 Å². The minimum Gasteiger partial charge on any atom is -0.494 e. The molecular weight excluding hydrogens is 420 g/mol. The Morgan fingerprint density at radius 1 is 1.10 bits per heavy atom. The zero-order valence-corrected chi connectivity index (χ0v) is 19.2. The lowest BCUT2D eigenvalue weighted by atomic mass is 10.1. The van der Waals surface area contributed by atoms with Gasteiger partial charge in [-0.3, -0.25) is 9.10 Å². The van der Waals surface area contributed by atoms with E-state index < -0.39 is 27.9 Å². The topological polar surface area (TPSA) is 102 Å². The van der Waals surface area contributed by atoms with Gasteiger partial charge in [-0.25, -0.2) is 13.2 Å². The molecule has 0 unspecified atom stereocenters. The molecule has 8 nitrogen and oxygen atoms in total. The van der Waals surface area contributed by atoms with Crippen LogP contribution >= 0.6 is 0 Å². The Bertz CT molecular complexity index is 1030. The molecule has 2 rings (SSSR count). The monoisotopic (exact) mass is 448 g/mol. The fraction of sp³-hybridized carbons (Fsp3) is 0.364. The Hall–Kier alpha value is -3.07. The number of carbonyl (C=O) groups excluding carboxylic acids is 2. The predicted octanol–water partition coefficient (Wildman–Crippen LogP) is 3.36. The summed E-state index contributed by atoms with van der Waals surface area (Å²) in [5.41, 5.74) is 1.61. The number of carbonyl (C=O) groups is 2. The molecule has 0 heterocycles. The SMILES string of the molecule is CCOc1ccc(N([C@@H](CC)C(=O)Nc2cccc(C(=O)OC)c2C)S(C)(=O)=O)cc1. The van der Waals surface area contributed by atoms with Gasteiger partial charge in [-0.2, -0.15) is 0 Å². The molecule has 2 aromatic carbocycles. The number of benzene rings is 2. The molecule has 0 aromatic heterocycles. The average molecular weight is 449 g/mol. The molecule has 0 radical (unpaired) electrons. The largest absolute Gasteiger partial charge is 0.494 e. The summed E-state index contributed by atoms with van der Waals surface area (Å²) in [6, 6.07) is 10.4. The number of hydrogen-bond donors (Lipinski definition) is 1. The maximum Gasteiger partial charge on any atom is 0.338 e. The van der Waals surface area contributed by atoms with Gasteiger partial charge in [-0.05, 0) is 62.2 Å². The van der Waals surface area contributed by atoms with E-state index in [0.29, 0.717) is 34.9 Å². The van der Waals surface area contributed by atoms with Crippen molar-refractivity contribution >= 4 is 33.3 Å². The van der Waals surface area contributed by atoms with Gasteiger partial charge in [0.2, 0.25) is 15.9 Å². The van der Waals surface area contributed by atoms with E-state index in [-0.39, 0.29) is 6.42 Å². The van der Waals surface area contributed by atoms with Crippen molar-refractivity contribution < 1.29 is 27.5 Å². The standard InChI is InChI=1S/C22H28N2O6S/c1-6-20(21(25)23-19-10-8-9-18(15(19)3)22(26)29-4)24(31(5,27)28)16-11-13-17(14-12-16)30-7-2/h8-14,20H,6-7H2,1-5H3,(H,23,25)/t20-/m0/s1. The van der Waals surface area contributed by atoms with Crippen molar-refractivity contribution in [2.45, 2.75) is 33.2 Å². The number of rotatable bonds is 9. The predicted molar refractivity (Wildman–Crippen MR) is 120 cm³/mol. The van der Waals surface area contributed by atoms with Gasteiger partial charge in [0.05, 0.1) is 31.2 Å². The quantitative estimate of drug-likeness (QED) is 0.590. The summed E-state index contributed by atoms with van der Waals surface area (Å²) in [5, 5.41) is 2.76. The molecule has 0 bridgehead atoms. The lowest BCUT2D eigenvalue weighted by Gasteiger charge is -2.30. The summed E-state index contributed by atoms with van der Waals surface area (Å²) in [5.74, 6) is -0.424. The normalized spacial score (nSPS) is 12.0. The number of anilines is 2. The summed E-state index contributed by atoms with van der Waals surface area (Å²) in [4.78, 5) is 25.0. The third-order valence-electron chi connectivity index (χ3n) is 4.73. The minimum absolute atomic E-state index is 0.238. The Kier molecular flexibility index (Phi) is 8.04. The third kappa shape index (κ3) is 5.75. The Morgan fingerprint density at radius 2 is 1.74 bits per heavy atom. The molecule has 0 aliphatic rings. The van der Waals surface area contributed by atoms with Crippen LogP contribution < -0.4 is 14.4 Å². The zero-order valence-electron chi connectivity index (χ0n) is 18.3. The maximum absolute atomic E-state index is 13.1. The molecule has 0 saturated carbocycles. The van der Waals surface area contributed by atoms with Crippen LogP contribution in [0, 0.1) is 6.92 Å². The van der Waals surface area contributed by atoms with Gasteiger partial charge < -0.3 is 14.8 Å². The summed E-state index contributed by atoms with van der Waals surface area (Å²) < 4.78 is 36.5. The summed E-state index contributed by atoms with van der Waals surface area (Å²) >= 11 is 0. The minimum atomic E-state index is -3.77. The highest BCUT2D eigenvalue weighted by molar-refractivity contribution is 7.92. The number of nitrogens with one attached hydrogen (secondary N) is 1. The van der Waals surface area contributed by atoms with Gasteiger partial charge >= 0.3 is 5.97 Å². The molecule has 31 heavy (non-hydrogen) atoms. The molecule has 0 saturated heterocycles. The number of esters is 1. The van der Waals surface area contributed by atoms with Gasteiger partial charge in [-0.1, -0.05) is 13.0 Å². The van der Waals surface area contributed by atoms with E-state index in [1.54, 1.807) is 56.3 Å².